The number of rotatable bonds is 17. The number of carboxylic acid groups (broad SMARTS) is 2. The van der Waals surface area contributed by atoms with Crippen LogP contribution in [0.25, 0.3) is 44.1 Å². The molecule has 0 amide bonds. The third-order valence-electron chi connectivity index (χ3n) is 12.2. The van der Waals surface area contributed by atoms with Crippen LogP contribution in [0.5, 0.6) is 11.5 Å². The maximum atomic E-state index is 16.9. The number of hydrogen-bond donors (Lipinski definition) is 4. The van der Waals surface area contributed by atoms with Crippen molar-refractivity contribution in [2.24, 2.45) is 30.4 Å². The van der Waals surface area contributed by atoms with Gasteiger partial charge in [-0.15, -0.1) is 0 Å². The number of fused-ring (bicyclic) bond motifs is 2. The SMILES string of the molecule is Cn1ncc2c(-c3cccc(C(N)C4CC4Cn4ncc5c(-c6cccc(CN)c6)cc(COc6ccccc6CC(=O)O)cc54)c3F)cc(COc3ccccc3CC(=O)O)cc21. The lowest BCUT2D eigenvalue weighted by Gasteiger charge is -2.17. The van der Waals surface area contributed by atoms with Gasteiger partial charge in [0.25, 0.3) is 0 Å². The quantitative estimate of drug-likeness (QED) is 0.0693. The van der Waals surface area contributed by atoms with E-state index in [1.54, 1.807) is 65.5 Å². The Bertz CT molecular complexity index is 3050. The Kier molecular flexibility index (Phi) is 11.7. The van der Waals surface area contributed by atoms with E-state index >= 15 is 4.39 Å². The van der Waals surface area contributed by atoms with Gasteiger partial charge in [-0.3, -0.25) is 19.0 Å². The number of aromatic nitrogens is 4. The zero-order chi connectivity index (χ0) is 44.5. The van der Waals surface area contributed by atoms with Crippen molar-refractivity contribution in [3.8, 4) is 33.8 Å². The average molecular weight is 859 g/mol. The van der Waals surface area contributed by atoms with Crippen LogP contribution in [0.2, 0.25) is 0 Å². The van der Waals surface area contributed by atoms with Crippen LogP contribution in [0.4, 0.5) is 4.39 Å². The highest BCUT2D eigenvalue weighted by Gasteiger charge is 2.43. The molecule has 0 aliphatic heterocycles. The summed E-state index contributed by atoms with van der Waals surface area (Å²) in [6.45, 7) is 1.31. The number of carboxylic acids is 2. The molecule has 3 unspecified atom stereocenters. The maximum Gasteiger partial charge on any atom is 0.307 e. The fraction of sp³-hybridized carbons (Fsp3) is 0.216. The number of aryl methyl sites for hydroxylation is 1. The van der Waals surface area contributed by atoms with Crippen LogP contribution in [0, 0.1) is 17.7 Å². The van der Waals surface area contributed by atoms with Gasteiger partial charge in [-0.25, -0.2) is 4.39 Å². The lowest BCUT2D eigenvalue weighted by atomic mass is 9.93. The summed E-state index contributed by atoms with van der Waals surface area (Å²) in [5.41, 5.74) is 22.0. The van der Waals surface area contributed by atoms with Gasteiger partial charge in [-0.05, 0) is 94.1 Å². The minimum Gasteiger partial charge on any atom is -0.489 e. The van der Waals surface area contributed by atoms with Gasteiger partial charge in [-0.1, -0.05) is 72.8 Å². The zero-order valence-electron chi connectivity index (χ0n) is 35.2. The molecule has 8 aromatic rings. The number of benzene rings is 6. The van der Waals surface area contributed by atoms with E-state index in [1.807, 2.05) is 60.4 Å². The number of carbonyl (C=O) groups is 2. The predicted octanol–water partition coefficient (Wildman–Crippen LogP) is 8.60. The molecule has 2 heterocycles. The average Bonchev–Trinajstić information content (AvgIpc) is 3.80. The molecule has 6 N–H and O–H groups in total. The highest BCUT2D eigenvalue weighted by atomic mass is 19.1. The lowest BCUT2D eigenvalue weighted by Crippen LogP contribution is -2.17. The summed E-state index contributed by atoms with van der Waals surface area (Å²) in [6.07, 6.45) is 4.08. The lowest BCUT2D eigenvalue weighted by molar-refractivity contribution is -0.137. The summed E-state index contributed by atoms with van der Waals surface area (Å²) in [5.74, 6) is -1.14. The van der Waals surface area contributed by atoms with Gasteiger partial charge in [0.1, 0.15) is 30.5 Å². The molecule has 0 spiro atoms. The second-order valence-corrected chi connectivity index (χ2v) is 16.5. The number of ether oxygens (including phenoxy) is 2. The van der Waals surface area contributed by atoms with Gasteiger partial charge < -0.3 is 31.2 Å². The molecule has 1 aliphatic rings. The van der Waals surface area contributed by atoms with Crippen LogP contribution in [-0.4, -0.2) is 41.7 Å². The van der Waals surface area contributed by atoms with Gasteiger partial charge in [0.05, 0.1) is 36.3 Å². The van der Waals surface area contributed by atoms with Gasteiger partial charge in [-0.2, -0.15) is 10.2 Å². The van der Waals surface area contributed by atoms with Gasteiger partial charge in [0, 0.05) is 59.2 Å². The Balaban J connectivity index is 0.976. The normalized spacial score (nSPS) is 15.1. The summed E-state index contributed by atoms with van der Waals surface area (Å²) in [6, 6.07) is 35.1. The molecule has 1 aliphatic carbocycles. The molecular weight excluding hydrogens is 812 g/mol. The number of hydrogen-bond acceptors (Lipinski definition) is 8. The number of halogens is 1. The van der Waals surface area contributed by atoms with Crippen molar-refractivity contribution in [3.63, 3.8) is 0 Å². The minimum absolute atomic E-state index is 0.00553. The standard InChI is InChI=1S/C51H47FN6O6/c1-57-44-19-32(29-64-47-15-5-3-10-35(47)23-49(61)62)18-41(43(44)25-55-57)37-12-7-13-38(50(37)52)51(54)40-21-36(40)27-58-45-20-31(28-63-46-14-4-2-9-34(46)22-48(59)60)17-39(42(45)26-56-58)33-11-6-8-30(16-33)24-53/h2-20,25-26,36,40,51H,21-24,27-29,53-54H2,1H3,(H,59,60)(H,61,62). The highest BCUT2D eigenvalue weighted by Crippen LogP contribution is 2.49. The summed E-state index contributed by atoms with van der Waals surface area (Å²) in [4.78, 5) is 23.0. The molecule has 6 aromatic carbocycles. The van der Waals surface area contributed by atoms with Crippen LogP contribution < -0.4 is 20.9 Å². The Morgan fingerprint density at radius 2 is 1.34 bits per heavy atom. The molecule has 12 nitrogen and oxygen atoms in total. The molecule has 324 valence electrons. The molecule has 1 fully saturated rings. The number of aliphatic carboxylic acids is 2. The predicted molar refractivity (Wildman–Crippen MR) is 242 cm³/mol. The fourth-order valence-electron chi connectivity index (χ4n) is 8.80. The van der Waals surface area contributed by atoms with Crippen molar-refractivity contribution >= 4 is 33.7 Å². The van der Waals surface area contributed by atoms with Crippen molar-refractivity contribution in [2.45, 2.75) is 51.6 Å². The number of para-hydroxylation sites is 2. The molecule has 2 aromatic heterocycles. The van der Waals surface area contributed by atoms with E-state index in [0.29, 0.717) is 52.4 Å². The summed E-state index contributed by atoms with van der Waals surface area (Å²) >= 11 is 0. The van der Waals surface area contributed by atoms with E-state index in [0.717, 1.165) is 56.0 Å². The van der Waals surface area contributed by atoms with Gasteiger partial charge in [0.15, 0.2) is 0 Å². The Labute approximate surface area is 368 Å². The van der Waals surface area contributed by atoms with Crippen LogP contribution in [0.15, 0.2) is 128 Å². The maximum absolute atomic E-state index is 16.9. The third-order valence-corrected chi connectivity index (χ3v) is 12.2. The topological polar surface area (TPSA) is 181 Å². The van der Waals surface area contributed by atoms with E-state index in [1.165, 1.54) is 0 Å². The molecule has 13 heteroatoms. The highest BCUT2D eigenvalue weighted by molar-refractivity contribution is 5.96. The second kappa shape index (κ2) is 17.8. The second-order valence-electron chi connectivity index (χ2n) is 16.5. The van der Waals surface area contributed by atoms with Gasteiger partial charge in [0.2, 0.25) is 0 Å². The van der Waals surface area contributed by atoms with E-state index in [4.69, 9.17) is 26.0 Å². The largest absolute Gasteiger partial charge is 0.489 e. The first-order valence-electron chi connectivity index (χ1n) is 21.2. The molecular formula is C51H47FN6O6. The zero-order valence-corrected chi connectivity index (χ0v) is 35.2. The van der Waals surface area contributed by atoms with Crippen molar-refractivity contribution < 1.29 is 33.7 Å². The first-order chi connectivity index (χ1) is 31.0. The molecule has 9 rings (SSSR count). The van der Waals surface area contributed by atoms with E-state index < -0.39 is 18.0 Å². The smallest absolute Gasteiger partial charge is 0.307 e. The van der Waals surface area contributed by atoms with Crippen LogP contribution in [0.1, 0.15) is 45.8 Å². The molecule has 0 saturated heterocycles. The molecule has 0 radical (unpaired) electrons. The van der Waals surface area contributed by atoms with E-state index in [-0.39, 0.29) is 43.7 Å². The molecule has 64 heavy (non-hydrogen) atoms. The Morgan fingerprint density at radius 3 is 2.02 bits per heavy atom. The van der Waals surface area contributed by atoms with Crippen LogP contribution >= 0.6 is 0 Å². The summed E-state index contributed by atoms with van der Waals surface area (Å²) in [5, 5.41) is 30.0. The van der Waals surface area contributed by atoms with Crippen molar-refractivity contribution in [1.29, 1.82) is 0 Å². The fourth-order valence-corrected chi connectivity index (χ4v) is 8.80. The number of nitrogens with two attached hydrogens (primary N) is 2. The van der Waals surface area contributed by atoms with E-state index in [2.05, 4.69) is 23.3 Å². The first kappa shape index (κ1) is 42.0. The van der Waals surface area contributed by atoms with E-state index in [9.17, 15) is 19.8 Å². The Morgan fingerprint density at radius 1 is 0.734 bits per heavy atom. The van der Waals surface area contributed by atoms with Crippen molar-refractivity contribution in [1.82, 2.24) is 19.6 Å². The van der Waals surface area contributed by atoms with Crippen molar-refractivity contribution in [2.75, 3.05) is 0 Å². The molecule has 3 atom stereocenters. The van der Waals surface area contributed by atoms with Crippen LogP contribution in [-0.2, 0) is 55.8 Å². The molecule has 0 bridgehead atoms. The first-order valence-corrected chi connectivity index (χ1v) is 21.2. The van der Waals surface area contributed by atoms with Gasteiger partial charge >= 0.3 is 11.9 Å². The van der Waals surface area contributed by atoms with Crippen molar-refractivity contribution in [3.05, 3.63) is 167 Å². The minimum atomic E-state index is -0.953. The number of nitrogens with zero attached hydrogens (tertiary/aromatic N) is 4. The summed E-state index contributed by atoms with van der Waals surface area (Å²) in [7, 11) is 1.83. The third kappa shape index (κ3) is 8.68. The Hall–Kier alpha value is -7.35. The molecule has 1 saturated carbocycles. The monoisotopic (exact) mass is 858 g/mol. The van der Waals surface area contributed by atoms with Crippen LogP contribution in [0.3, 0.4) is 0 Å². The summed E-state index contributed by atoms with van der Waals surface area (Å²) < 4.78 is 33.0.